The molecular formula is C12H17O2. The molecule has 0 N–H and O–H groups in total. The Labute approximate surface area is 85.8 Å². The van der Waals surface area contributed by atoms with Gasteiger partial charge < -0.3 is 9.47 Å². The average molecular weight is 193 g/mol. The van der Waals surface area contributed by atoms with Crippen molar-refractivity contribution >= 4 is 0 Å². The second kappa shape index (κ2) is 4.89. The molecule has 0 aliphatic rings. The van der Waals surface area contributed by atoms with Crippen LogP contribution >= 0.6 is 0 Å². The number of methoxy groups -OCH3 is 1. The lowest BCUT2D eigenvalue weighted by Crippen LogP contribution is -1.97. The van der Waals surface area contributed by atoms with Gasteiger partial charge in [0.25, 0.3) is 0 Å². The molecule has 1 aromatic carbocycles. The summed E-state index contributed by atoms with van der Waals surface area (Å²) in [5.74, 6) is 3.02. The molecule has 14 heavy (non-hydrogen) atoms. The SMILES string of the molecule is CCOc1ccc(OC)c([C](C)C)c1. The van der Waals surface area contributed by atoms with Gasteiger partial charge in [-0.1, -0.05) is 13.8 Å². The first-order chi connectivity index (χ1) is 6.69. The van der Waals surface area contributed by atoms with Gasteiger partial charge >= 0.3 is 0 Å². The van der Waals surface area contributed by atoms with Crippen LogP contribution < -0.4 is 9.47 Å². The van der Waals surface area contributed by atoms with Crippen molar-refractivity contribution in [3.8, 4) is 11.5 Å². The van der Waals surface area contributed by atoms with Crippen LogP contribution in [0.1, 0.15) is 26.3 Å². The Hall–Kier alpha value is -1.18. The zero-order valence-electron chi connectivity index (χ0n) is 9.26. The molecule has 1 aromatic rings. The van der Waals surface area contributed by atoms with Crippen LogP contribution in [0, 0.1) is 5.92 Å². The van der Waals surface area contributed by atoms with Crippen LogP contribution in [0.25, 0.3) is 0 Å². The largest absolute Gasteiger partial charge is 0.496 e. The number of benzene rings is 1. The summed E-state index contributed by atoms with van der Waals surface area (Å²) in [5.41, 5.74) is 1.11. The molecule has 0 saturated heterocycles. The molecule has 0 bridgehead atoms. The van der Waals surface area contributed by atoms with Gasteiger partial charge in [0.15, 0.2) is 0 Å². The van der Waals surface area contributed by atoms with Gasteiger partial charge in [0.2, 0.25) is 0 Å². The van der Waals surface area contributed by atoms with Crippen molar-refractivity contribution in [2.45, 2.75) is 20.8 Å². The molecule has 0 fully saturated rings. The maximum Gasteiger partial charge on any atom is 0.122 e. The highest BCUT2D eigenvalue weighted by Gasteiger charge is 2.08. The van der Waals surface area contributed by atoms with Gasteiger partial charge in [-0.05, 0) is 25.1 Å². The third-order valence-corrected chi connectivity index (χ3v) is 2.02. The summed E-state index contributed by atoms with van der Waals surface area (Å²) in [5, 5.41) is 0. The van der Waals surface area contributed by atoms with Crippen LogP contribution in [-0.4, -0.2) is 13.7 Å². The van der Waals surface area contributed by atoms with Crippen LogP contribution in [0.3, 0.4) is 0 Å². The summed E-state index contributed by atoms with van der Waals surface area (Å²) in [4.78, 5) is 0. The Bertz CT molecular complexity index is 292. The third-order valence-electron chi connectivity index (χ3n) is 2.02. The molecule has 0 spiro atoms. The van der Waals surface area contributed by atoms with Crippen molar-refractivity contribution in [1.29, 1.82) is 0 Å². The van der Waals surface area contributed by atoms with E-state index in [4.69, 9.17) is 9.47 Å². The quantitative estimate of drug-likeness (QED) is 0.731. The molecule has 0 heterocycles. The highest BCUT2D eigenvalue weighted by molar-refractivity contribution is 5.46. The van der Waals surface area contributed by atoms with Gasteiger partial charge in [0.1, 0.15) is 11.5 Å². The summed E-state index contributed by atoms with van der Waals surface area (Å²) in [7, 11) is 1.68. The van der Waals surface area contributed by atoms with Crippen molar-refractivity contribution in [2.24, 2.45) is 0 Å². The van der Waals surface area contributed by atoms with E-state index in [9.17, 15) is 0 Å². The van der Waals surface area contributed by atoms with Crippen molar-refractivity contribution in [3.05, 3.63) is 29.7 Å². The first kappa shape index (κ1) is 10.9. The minimum absolute atomic E-state index is 0.689. The Morgan fingerprint density at radius 1 is 1.29 bits per heavy atom. The molecule has 77 valence electrons. The highest BCUT2D eigenvalue weighted by Crippen LogP contribution is 2.29. The van der Waals surface area contributed by atoms with Crippen LogP contribution in [0.2, 0.25) is 0 Å². The lowest BCUT2D eigenvalue weighted by molar-refractivity contribution is 0.338. The van der Waals surface area contributed by atoms with Gasteiger partial charge in [-0.2, -0.15) is 0 Å². The number of hydrogen-bond acceptors (Lipinski definition) is 2. The summed E-state index contributed by atoms with van der Waals surface area (Å²) in [6.45, 7) is 6.79. The summed E-state index contributed by atoms with van der Waals surface area (Å²) >= 11 is 0. The summed E-state index contributed by atoms with van der Waals surface area (Å²) in [6.07, 6.45) is 0. The molecule has 2 heteroatoms. The molecule has 0 aliphatic carbocycles. The molecule has 1 radical (unpaired) electrons. The molecule has 1 rings (SSSR count). The van der Waals surface area contributed by atoms with E-state index < -0.39 is 0 Å². The van der Waals surface area contributed by atoms with E-state index in [1.807, 2.05) is 25.1 Å². The Kier molecular flexibility index (Phi) is 3.81. The van der Waals surface area contributed by atoms with Crippen molar-refractivity contribution in [2.75, 3.05) is 13.7 Å². The fraction of sp³-hybridized carbons (Fsp3) is 0.417. The highest BCUT2D eigenvalue weighted by atomic mass is 16.5. The topological polar surface area (TPSA) is 18.5 Å². The Balaban J connectivity index is 3.01. The van der Waals surface area contributed by atoms with Gasteiger partial charge in [0, 0.05) is 11.5 Å². The fourth-order valence-electron chi connectivity index (χ4n) is 1.33. The second-order valence-corrected chi connectivity index (χ2v) is 3.30. The van der Waals surface area contributed by atoms with Gasteiger partial charge in [-0.15, -0.1) is 0 Å². The second-order valence-electron chi connectivity index (χ2n) is 3.30. The summed E-state index contributed by atoms with van der Waals surface area (Å²) < 4.78 is 10.7. The minimum Gasteiger partial charge on any atom is -0.496 e. The predicted octanol–water partition coefficient (Wildman–Crippen LogP) is 3.06. The van der Waals surface area contributed by atoms with E-state index in [1.54, 1.807) is 7.11 Å². The lowest BCUT2D eigenvalue weighted by Gasteiger charge is -2.13. The van der Waals surface area contributed by atoms with E-state index in [0.717, 1.165) is 17.1 Å². The van der Waals surface area contributed by atoms with Gasteiger partial charge in [0.05, 0.1) is 13.7 Å². The minimum atomic E-state index is 0.689. The fourth-order valence-corrected chi connectivity index (χ4v) is 1.33. The number of ether oxygens (including phenoxy) is 2. The molecule has 0 amide bonds. The maximum atomic E-state index is 5.43. The van der Waals surface area contributed by atoms with Crippen LogP contribution in [-0.2, 0) is 0 Å². The van der Waals surface area contributed by atoms with Crippen molar-refractivity contribution < 1.29 is 9.47 Å². The Morgan fingerprint density at radius 2 is 2.00 bits per heavy atom. The van der Waals surface area contributed by atoms with Crippen LogP contribution in [0.5, 0.6) is 11.5 Å². The van der Waals surface area contributed by atoms with Gasteiger partial charge in [-0.25, -0.2) is 0 Å². The standard InChI is InChI=1S/C12H17O2/c1-5-14-10-6-7-12(13-4)11(8-10)9(2)3/h6-8H,5H2,1-4H3. The molecule has 0 saturated carbocycles. The smallest absolute Gasteiger partial charge is 0.122 e. The van der Waals surface area contributed by atoms with E-state index in [2.05, 4.69) is 13.8 Å². The maximum absolute atomic E-state index is 5.43. The van der Waals surface area contributed by atoms with Crippen LogP contribution in [0.4, 0.5) is 0 Å². The zero-order valence-corrected chi connectivity index (χ0v) is 9.26. The third kappa shape index (κ3) is 2.41. The van der Waals surface area contributed by atoms with E-state index in [0.29, 0.717) is 6.61 Å². The first-order valence-electron chi connectivity index (χ1n) is 4.80. The molecule has 0 unspecified atom stereocenters. The van der Waals surface area contributed by atoms with E-state index in [-0.39, 0.29) is 0 Å². The normalized spacial score (nSPS) is 10.4. The lowest BCUT2D eigenvalue weighted by atomic mass is 10.0. The molecular weight excluding hydrogens is 176 g/mol. The zero-order chi connectivity index (χ0) is 10.6. The molecule has 2 nitrogen and oxygen atoms in total. The van der Waals surface area contributed by atoms with Crippen molar-refractivity contribution in [1.82, 2.24) is 0 Å². The van der Waals surface area contributed by atoms with Gasteiger partial charge in [-0.3, -0.25) is 0 Å². The first-order valence-corrected chi connectivity index (χ1v) is 4.80. The summed E-state index contributed by atoms with van der Waals surface area (Å²) in [6, 6.07) is 5.87. The average Bonchev–Trinajstić information content (AvgIpc) is 2.18. The molecule has 0 aromatic heterocycles. The van der Waals surface area contributed by atoms with Crippen molar-refractivity contribution in [3.63, 3.8) is 0 Å². The Morgan fingerprint density at radius 3 is 2.50 bits per heavy atom. The number of hydrogen-bond donors (Lipinski definition) is 0. The molecule has 0 atom stereocenters. The van der Waals surface area contributed by atoms with E-state index >= 15 is 0 Å². The van der Waals surface area contributed by atoms with Crippen LogP contribution in [0.15, 0.2) is 18.2 Å². The molecule has 0 aliphatic heterocycles. The predicted molar refractivity (Wildman–Crippen MR) is 57.9 cm³/mol. The van der Waals surface area contributed by atoms with E-state index in [1.165, 1.54) is 5.92 Å². The number of rotatable bonds is 4. The monoisotopic (exact) mass is 193 g/mol.